The zero-order valence-corrected chi connectivity index (χ0v) is 17.4. The summed E-state index contributed by atoms with van der Waals surface area (Å²) in [5, 5.41) is 10.7. The number of anilines is 1. The molecule has 0 fully saturated rings. The molecule has 8 heteroatoms. The molecule has 0 spiro atoms. The molecule has 2 amide bonds. The molecular weight excluding hydrogens is 394 g/mol. The Balaban J connectivity index is 1.46. The first-order valence-electron chi connectivity index (χ1n) is 9.89. The van der Waals surface area contributed by atoms with E-state index in [0.717, 1.165) is 16.7 Å². The molecule has 0 aliphatic carbocycles. The third-order valence-electron chi connectivity index (χ3n) is 5.12. The Hall–Kier alpha value is -3.94. The third kappa shape index (κ3) is 4.32. The van der Waals surface area contributed by atoms with Crippen molar-refractivity contribution in [1.29, 1.82) is 0 Å². The van der Waals surface area contributed by atoms with E-state index in [1.807, 2.05) is 55.5 Å². The second-order valence-corrected chi connectivity index (χ2v) is 7.48. The second kappa shape index (κ2) is 8.43. The van der Waals surface area contributed by atoms with Crippen molar-refractivity contribution in [2.75, 3.05) is 18.6 Å². The van der Waals surface area contributed by atoms with Crippen molar-refractivity contribution in [3.63, 3.8) is 0 Å². The van der Waals surface area contributed by atoms with Gasteiger partial charge >= 0.3 is 0 Å². The Morgan fingerprint density at radius 2 is 2.03 bits per heavy atom. The number of benzene rings is 2. The van der Waals surface area contributed by atoms with Crippen LogP contribution in [-0.4, -0.2) is 46.7 Å². The zero-order valence-electron chi connectivity index (χ0n) is 17.4. The van der Waals surface area contributed by atoms with Crippen LogP contribution in [0.2, 0.25) is 0 Å². The van der Waals surface area contributed by atoms with Gasteiger partial charge in [-0.1, -0.05) is 48.6 Å². The molecule has 158 valence electrons. The number of aromatic amines is 1. The van der Waals surface area contributed by atoms with E-state index in [-0.39, 0.29) is 18.3 Å². The topological polar surface area (TPSA) is 100 Å². The second-order valence-electron chi connectivity index (χ2n) is 7.48. The number of allylic oxidation sites excluding steroid dienone is 1. The molecule has 1 aliphatic rings. The van der Waals surface area contributed by atoms with Gasteiger partial charge in [0.1, 0.15) is 24.2 Å². The minimum Gasteiger partial charge on any atom is -0.489 e. The molecule has 0 unspecified atom stereocenters. The van der Waals surface area contributed by atoms with Gasteiger partial charge in [0.2, 0.25) is 5.82 Å². The predicted octanol–water partition coefficient (Wildman–Crippen LogP) is 2.58. The largest absolute Gasteiger partial charge is 0.489 e. The van der Waals surface area contributed by atoms with Gasteiger partial charge in [-0.2, -0.15) is 0 Å². The monoisotopic (exact) mass is 417 g/mol. The highest BCUT2D eigenvalue weighted by Crippen LogP contribution is 2.33. The van der Waals surface area contributed by atoms with Gasteiger partial charge in [0.25, 0.3) is 11.8 Å². The van der Waals surface area contributed by atoms with Crippen LogP contribution >= 0.6 is 0 Å². The SMILES string of the molecule is C=C(C)c1ccc2c(c1)OC[C@H](NC(=O)c1nnc(Cc3ccccc3)[nH]1)C(=O)N2C. The lowest BCUT2D eigenvalue weighted by molar-refractivity contribution is -0.120. The van der Waals surface area contributed by atoms with E-state index in [0.29, 0.717) is 23.7 Å². The third-order valence-corrected chi connectivity index (χ3v) is 5.12. The first-order valence-corrected chi connectivity index (χ1v) is 9.89. The van der Waals surface area contributed by atoms with Crippen LogP contribution in [0.3, 0.4) is 0 Å². The fraction of sp³-hybridized carbons (Fsp3) is 0.217. The van der Waals surface area contributed by atoms with E-state index in [1.165, 1.54) is 4.90 Å². The number of nitrogens with zero attached hydrogens (tertiary/aromatic N) is 3. The summed E-state index contributed by atoms with van der Waals surface area (Å²) in [5.74, 6) is 0.386. The summed E-state index contributed by atoms with van der Waals surface area (Å²) in [6, 6.07) is 14.4. The highest BCUT2D eigenvalue weighted by Gasteiger charge is 2.31. The number of aromatic nitrogens is 3. The van der Waals surface area contributed by atoms with Crippen molar-refractivity contribution in [3.05, 3.63) is 77.9 Å². The van der Waals surface area contributed by atoms with E-state index in [1.54, 1.807) is 7.05 Å². The highest BCUT2D eigenvalue weighted by atomic mass is 16.5. The molecule has 3 aromatic rings. The number of ether oxygens (including phenoxy) is 1. The summed E-state index contributed by atoms with van der Waals surface area (Å²) < 4.78 is 5.85. The van der Waals surface area contributed by atoms with Gasteiger partial charge in [-0.25, -0.2) is 0 Å². The number of hydrogen-bond donors (Lipinski definition) is 2. The summed E-state index contributed by atoms with van der Waals surface area (Å²) in [4.78, 5) is 30.0. The van der Waals surface area contributed by atoms with Crippen LogP contribution in [0.4, 0.5) is 5.69 Å². The summed E-state index contributed by atoms with van der Waals surface area (Å²) in [6.45, 7) is 5.85. The molecule has 31 heavy (non-hydrogen) atoms. The fourth-order valence-corrected chi connectivity index (χ4v) is 3.37. The quantitative estimate of drug-likeness (QED) is 0.665. The predicted molar refractivity (Wildman–Crippen MR) is 117 cm³/mol. The minimum absolute atomic E-state index is 0.00651. The van der Waals surface area contributed by atoms with Crippen molar-refractivity contribution in [3.8, 4) is 5.75 Å². The first kappa shape index (κ1) is 20.3. The minimum atomic E-state index is -0.860. The lowest BCUT2D eigenvalue weighted by Gasteiger charge is -2.20. The fourth-order valence-electron chi connectivity index (χ4n) is 3.37. The van der Waals surface area contributed by atoms with Crippen LogP contribution in [0.15, 0.2) is 55.1 Å². The maximum absolute atomic E-state index is 12.9. The van der Waals surface area contributed by atoms with Crippen molar-refractivity contribution in [1.82, 2.24) is 20.5 Å². The van der Waals surface area contributed by atoms with Crippen molar-refractivity contribution < 1.29 is 14.3 Å². The molecule has 1 atom stereocenters. The van der Waals surface area contributed by atoms with E-state index in [2.05, 4.69) is 27.1 Å². The number of fused-ring (bicyclic) bond motifs is 1. The van der Waals surface area contributed by atoms with Crippen LogP contribution in [-0.2, 0) is 11.2 Å². The Bertz CT molecular complexity index is 1140. The molecule has 4 rings (SSSR count). The maximum atomic E-state index is 12.9. The standard InChI is InChI=1S/C23H23N5O3/c1-14(2)16-9-10-18-19(12-16)31-13-17(23(30)28(18)3)24-22(29)21-25-20(26-27-21)11-15-7-5-4-6-8-15/h4-10,12,17H,1,11,13H2,2-3H3,(H,24,29)(H,25,26,27)/t17-/m0/s1. The Kier molecular flexibility index (Phi) is 5.53. The number of hydrogen-bond acceptors (Lipinski definition) is 5. The Labute approximate surface area is 179 Å². The van der Waals surface area contributed by atoms with E-state index in [9.17, 15) is 9.59 Å². The van der Waals surface area contributed by atoms with Crippen molar-refractivity contribution in [2.45, 2.75) is 19.4 Å². The Morgan fingerprint density at radius 3 is 2.77 bits per heavy atom. The number of carbonyl (C=O) groups is 2. The lowest BCUT2D eigenvalue weighted by atomic mass is 10.1. The summed E-state index contributed by atoms with van der Waals surface area (Å²) in [6.07, 6.45) is 0.524. The molecular formula is C23H23N5O3. The van der Waals surface area contributed by atoms with Crippen LogP contribution in [0.5, 0.6) is 5.75 Å². The normalized spacial score (nSPS) is 15.6. The summed E-state index contributed by atoms with van der Waals surface area (Å²) in [7, 11) is 1.65. The molecule has 2 heterocycles. The summed E-state index contributed by atoms with van der Waals surface area (Å²) in [5.41, 5.74) is 3.50. The van der Waals surface area contributed by atoms with E-state index >= 15 is 0 Å². The molecule has 0 radical (unpaired) electrons. The van der Waals surface area contributed by atoms with Gasteiger partial charge < -0.3 is 19.9 Å². The van der Waals surface area contributed by atoms with Crippen LogP contribution < -0.4 is 15.0 Å². The molecule has 2 aromatic carbocycles. The van der Waals surface area contributed by atoms with Gasteiger partial charge in [0.05, 0.1) is 5.69 Å². The number of carbonyl (C=O) groups excluding carboxylic acids is 2. The molecule has 0 saturated heterocycles. The van der Waals surface area contributed by atoms with Crippen molar-refractivity contribution in [2.24, 2.45) is 0 Å². The molecule has 0 bridgehead atoms. The van der Waals surface area contributed by atoms with Gasteiger partial charge in [0.15, 0.2) is 0 Å². The molecule has 0 saturated carbocycles. The maximum Gasteiger partial charge on any atom is 0.289 e. The number of H-pyrrole nitrogens is 1. The molecule has 8 nitrogen and oxygen atoms in total. The molecule has 1 aliphatic heterocycles. The first-order chi connectivity index (χ1) is 14.9. The summed E-state index contributed by atoms with van der Waals surface area (Å²) >= 11 is 0. The molecule has 2 N–H and O–H groups in total. The average Bonchev–Trinajstić information content (AvgIpc) is 3.20. The smallest absolute Gasteiger partial charge is 0.289 e. The van der Waals surface area contributed by atoms with Crippen LogP contribution in [0.1, 0.15) is 34.5 Å². The van der Waals surface area contributed by atoms with E-state index < -0.39 is 11.9 Å². The van der Waals surface area contributed by atoms with Gasteiger partial charge in [-0.15, -0.1) is 10.2 Å². The van der Waals surface area contributed by atoms with Gasteiger partial charge in [-0.3, -0.25) is 9.59 Å². The molecule has 1 aromatic heterocycles. The van der Waals surface area contributed by atoms with Crippen LogP contribution in [0, 0.1) is 0 Å². The number of nitrogens with one attached hydrogen (secondary N) is 2. The number of amides is 2. The van der Waals surface area contributed by atoms with Crippen LogP contribution in [0.25, 0.3) is 5.57 Å². The van der Waals surface area contributed by atoms with E-state index in [4.69, 9.17) is 4.74 Å². The highest BCUT2D eigenvalue weighted by molar-refractivity contribution is 6.02. The number of rotatable bonds is 5. The van der Waals surface area contributed by atoms with Gasteiger partial charge in [-0.05, 0) is 30.2 Å². The zero-order chi connectivity index (χ0) is 22.0. The number of likely N-dealkylation sites (N-methyl/N-ethyl adjacent to an activating group) is 1. The lowest BCUT2D eigenvalue weighted by Crippen LogP contribution is -2.49. The Morgan fingerprint density at radius 1 is 1.26 bits per heavy atom. The average molecular weight is 417 g/mol. The van der Waals surface area contributed by atoms with Crippen molar-refractivity contribution >= 4 is 23.1 Å². The van der Waals surface area contributed by atoms with Gasteiger partial charge in [0, 0.05) is 13.5 Å².